The van der Waals surface area contributed by atoms with Crippen LogP contribution in [0.25, 0.3) is 0 Å². The van der Waals surface area contributed by atoms with Crippen molar-refractivity contribution in [2.75, 3.05) is 5.32 Å². The standard InChI is InChI=1S/C16H19N5O2S/c1-9-7-12(9)15(23)18-11-5-3-10(4-6-11)14(22)17-8-13-19-20-16(24)21(13)2/h3-6,9,12H,7-8H2,1-2H3,(H,17,22)(H,18,23)(H,20,24)/t9-,12-/m1/s1. The maximum absolute atomic E-state index is 12.2. The number of benzene rings is 1. The van der Waals surface area contributed by atoms with Gasteiger partial charge in [-0.2, -0.15) is 5.10 Å². The second kappa shape index (κ2) is 6.56. The summed E-state index contributed by atoms with van der Waals surface area (Å²) in [6.45, 7) is 2.34. The molecule has 2 atom stereocenters. The van der Waals surface area contributed by atoms with Crippen molar-refractivity contribution in [1.29, 1.82) is 0 Å². The highest BCUT2D eigenvalue weighted by molar-refractivity contribution is 7.71. The van der Waals surface area contributed by atoms with Crippen LogP contribution in [-0.4, -0.2) is 26.6 Å². The fraction of sp³-hybridized carbons (Fsp3) is 0.375. The van der Waals surface area contributed by atoms with Gasteiger partial charge in [-0.3, -0.25) is 14.7 Å². The van der Waals surface area contributed by atoms with Crippen LogP contribution in [0.4, 0.5) is 5.69 Å². The summed E-state index contributed by atoms with van der Waals surface area (Å²) < 4.78 is 2.21. The molecule has 0 bridgehead atoms. The fourth-order valence-corrected chi connectivity index (χ4v) is 2.58. The van der Waals surface area contributed by atoms with Crippen LogP contribution in [0.2, 0.25) is 0 Å². The van der Waals surface area contributed by atoms with Crippen LogP contribution in [0.3, 0.4) is 0 Å². The molecule has 1 aliphatic carbocycles. The van der Waals surface area contributed by atoms with E-state index in [0.717, 1.165) is 6.42 Å². The first kappa shape index (κ1) is 16.4. The summed E-state index contributed by atoms with van der Waals surface area (Å²) in [5.41, 5.74) is 1.22. The minimum absolute atomic E-state index is 0.0467. The van der Waals surface area contributed by atoms with Gasteiger partial charge in [0.1, 0.15) is 0 Å². The SMILES string of the molecule is C[C@@H]1C[C@H]1C(=O)Nc1ccc(C(=O)NCc2n[nH]c(=S)n2C)cc1. The van der Waals surface area contributed by atoms with Crippen LogP contribution >= 0.6 is 12.2 Å². The molecule has 0 radical (unpaired) electrons. The number of carbonyl (C=O) groups excluding carboxylic acids is 2. The van der Waals surface area contributed by atoms with E-state index >= 15 is 0 Å². The average Bonchev–Trinajstić information content (AvgIpc) is 3.23. The van der Waals surface area contributed by atoms with E-state index in [0.29, 0.717) is 27.8 Å². The Morgan fingerprint density at radius 2 is 2.04 bits per heavy atom. The molecule has 3 N–H and O–H groups in total. The molecule has 0 spiro atoms. The molecule has 126 valence electrons. The minimum atomic E-state index is -0.211. The summed E-state index contributed by atoms with van der Waals surface area (Å²) in [5.74, 6) is 1.07. The Kier molecular flexibility index (Phi) is 4.48. The summed E-state index contributed by atoms with van der Waals surface area (Å²) in [5, 5.41) is 12.4. The van der Waals surface area contributed by atoms with Gasteiger partial charge in [-0.15, -0.1) is 0 Å². The Bertz CT molecular complexity index is 824. The number of aromatic nitrogens is 3. The molecule has 24 heavy (non-hydrogen) atoms. The van der Waals surface area contributed by atoms with Gasteiger partial charge in [-0.25, -0.2) is 0 Å². The molecule has 1 fully saturated rings. The van der Waals surface area contributed by atoms with Crippen molar-refractivity contribution in [3.05, 3.63) is 40.4 Å². The van der Waals surface area contributed by atoms with Gasteiger partial charge in [-0.1, -0.05) is 6.92 Å². The van der Waals surface area contributed by atoms with Crippen LogP contribution in [0.5, 0.6) is 0 Å². The molecule has 2 amide bonds. The first-order chi connectivity index (χ1) is 11.5. The molecule has 1 heterocycles. The monoisotopic (exact) mass is 345 g/mol. The van der Waals surface area contributed by atoms with Gasteiger partial charge in [0.15, 0.2) is 10.6 Å². The van der Waals surface area contributed by atoms with E-state index in [1.54, 1.807) is 35.9 Å². The van der Waals surface area contributed by atoms with E-state index in [-0.39, 0.29) is 24.3 Å². The van der Waals surface area contributed by atoms with Gasteiger partial charge in [0, 0.05) is 24.2 Å². The summed E-state index contributed by atoms with van der Waals surface area (Å²) in [6, 6.07) is 6.83. The van der Waals surface area contributed by atoms with Crippen molar-refractivity contribution in [1.82, 2.24) is 20.1 Å². The first-order valence-corrected chi connectivity index (χ1v) is 8.16. The third kappa shape index (κ3) is 3.53. The quantitative estimate of drug-likeness (QED) is 0.723. The molecule has 7 nitrogen and oxygen atoms in total. The lowest BCUT2D eigenvalue weighted by molar-refractivity contribution is -0.117. The summed E-state index contributed by atoms with van der Waals surface area (Å²) in [6.07, 6.45) is 0.947. The number of anilines is 1. The van der Waals surface area contributed by atoms with Crippen LogP contribution in [0.15, 0.2) is 24.3 Å². The number of rotatable bonds is 5. The van der Waals surface area contributed by atoms with Crippen molar-refractivity contribution in [3.8, 4) is 0 Å². The topological polar surface area (TPSA) is 91.8 Å². The molecule has 0 unspecified atom stereocenters. The largest absolute Gasteiger partial charge is 0.345 e. The number of H-pyrrole nitrogens is 1. The van der Waals surface area contributed by atoms with Gasteiger partial charge in [0.2, 0.25) is 5.91 Å². The first-order valence-electron chi connectivity index (χ1n) is 7.75. The van der Waals surface area contributed by atoms with E-state index in [4.69, 9.17) is 12.2 Å². The molecule has 1 aromatic carbocycles. The number of amides is 2. The number of carbonyl (C=O) groups is 2. The highest BCUT2D eigenvalue weighted by Crippen LogP contribution is 2.38. The normalized spacial score (nSPS) is 18.9. The minimum Gasteiger partial charge on any atom is -0.345 e. The van der Waals surface area contributed by atoms with E-state index in [9.17, 15) is 9.59 Å². The Labute approximate surface area is 144 Å². The maximum atomic E-state index is 12.2. The van der Waals surface area contributed by atoms with Crippen LogP contribution in [-0.2, 0) is 18.4 Å². The predicted octanol–water partition coefficient (Wildman–Crippen LogP) is 2.00. The van der Waals surface area contributed by atoms with Crippen molar-refractivity contribution in [3.63, 3.8) is 0 Å². The van der Waals surface area contributed by atoms with Crippen molar-refractivity contribution in [2.45, 2.75) is 19.9 Å². The zero-order valence-electron chi connectivity index (χ0n) is 13.5. The van der Waals surface area contributed by atoms with Crippen LogP contribution in [0, 0.1) is 16.6 Å². The van der Waals surface area contributed by atoms with Crippen LogP contribution in [0.1, 0.15) is 29.5 Å². The Morgan fingerprint density at radius 3 is 2.58 bits per heavy atom. The third-order valence-electron chi connectivity index (χ3n) is 4.24. The average molecular weight is 345 g/mol. The highest BCUT2D eigenvalue weighted by Gasteiger charge is 2.39. The van der Waals surface area contributed by atoms with Gasteiger partial charge in [-0.05, 0) is 48.8 Å². The third-order valence-corrected chi connectivity index (χ3v) is 4.61. The lowest BCUT2D eigenvalue weighted by atomic mass is 10.2. The lowest BCUT2D eigenvalue weighted by Gasteiger charge is -2.07. The molecule has 1 aliphatic rings. The van der Waals surface area contributed by atoms with E-state index in [1.807, 2.05) is 0 Å². The predicted molar refractivity (Wildman–Crippen MR) is 91.9 cm³/mol. The zero-order valence-corrected chi connectivity index (χ0v) is 14.3. The highest BCUT2D eigenvalue weighted by atomic mass is 32.1. The summed E-state index contributed by atoms with van der Waals surface area (Å²) in [4.78, 5) is 24.0. The van der Waals surface area contributed by atoms with Gasteiger partial charge in [0.05, 0.1) is 6.54 Å². The molecular formula is C16H19N5O2S. The van der Waals surface area contributed by atoms with Gasteiger partial charge in [0.25, 0.3) is 5.91 Å². The Hall–Kier alpha value is -2.48. The second-order valence-electron chi connectivity index (χ2n) is 6.07. The maximum Gasteiger partial charge on any atom is 0.251 e. The molecule has 3 rings (SSSR count). The zero-order chi connectivity index (χ0) is 17.3. The molecule has 1 saturated carbocycles. The van der Waals surface area contributed by atoms with Crippen molar-refractivity contribution in [2.24, 2.45) is 18.9 Å². The number of nitrogens with zero attached hydrogens (tertiary/aromatic N) is 2. The molecule has 0 aliphatic heterocycles. The molecular weight excluding hydrogens is 326 g/mol. The number of nitrogens with one attached hydrogen (secondary N) is 3. The van der Waals surface area contributed by atoms with Crippen molar-refractivity contribution < 1.29 is 9.59 Å². The fourth-order valence-electron chi connectivity index (χ4n) is 2.43. The molecule has 2 aromatic rings. The molecule has 1 aromatic heterocycles. The molecule has 0 saturated heterocycles. The van der Waals surface area contributed by atoms with Gasteiger partial charge >= 0.3 is 0 Å². The van der Waals surface area contributed by atoms with E-state index in [1.165, 1.54) is 0 Å². The van der Waals surface area contributed by atoms with E-state index in [2.05, 4.69) is 27.8 Å². The number of aromatic amines is 1. The summed E-state index contributed by atoms with van der Waals surface area (Å²) >= 11 is 5.02. The Balaban J connectivity index is 1.56. The Morgan fingerprint density at radius 1 is 1.38 bits per heavy atom. The van der Waals surface area contributed by atoms with E-state index < -0.39 is 0 Å². The number of hydrogen-bond donors (Lipinski definition) is 3. The summed E-state index contributed by atoms with van der Waals surface area (Å²) in [7, 11) is 1.78. The van der Waals surface area contributed by atoms with Crippen LogP contribution < -0.4 is 10.6 Å². The van der Waals surface area contributed by atoms with Gasteiger partial charge < -0.3 is 15.2 Å². The number of hydrogen-bond acceptors (Lipinski definition) is 4. The molecule has 8 heteroatoms. The smallest absolute Gasteiger partial charge is 0.251 e. The second-order valence-corrected chi connectivity index (χ2v) is 6.46. The lowest BCUT2D eigenvalue weighted by Crippen LogP contribution is -2.24. The van der Waals surface area contributed by atoms with Crippen molar-refractivity contribution >= 4 is 29.7 Å².